The lowest BCUT2D eigenvalue weighted by atomic mass is 10.1. The van der Waals surface area contributed by atoms with Crippen LogP contribution in [0.2, 0.25) is 0 Å². The third kappa shape index (κ3) is 3.28. The highest BCUT2D eigenvalue weighted by molar-refractivity contribution is 6.07. The SMILES string of the molecule is O=C(NNC(=O)c1cc(=O)[nH]c2ccccc12)c1ccccc1-n1cccc1. The van der Waals surface area contributed by atoms with Crippen LogP contribution in [0.15, 0.2) is 83.9 Å². The van der Waals surface area contributed by atoms with Gasteiger partial charge in [-0.1, -0.05) is 30.3 Å². The van der Waals surface area contributed by atoms with Crippen molar-refractivity contribution in [1.29, 1.82) is 0 Å². The highest BCUT2D eigenvalue weighted by Gasteiger charge is 2.15. The number of para-hydroxylation sites is 2. The Hall–Kier alpha value is -4.13. The number of hydrogen-bond donors (Lipinski definition) is 3. The number of carbonyl (C=O) groups is 2. The number of pyridine rings is 1. The molecule has 0 radical (unpaired) electrons. The Morgan fingerprint density at radius 2 is 1.43 bits per heavy atom. The Balaban J connectivity index is 1.57. The van der Waals surface area contributed by atoms with Crippen LogP contribution < -0.4 is 16.4 Å². The molecule has 4 rings (SSSR count). The van der Waals surface area contributed by atoms with Crippen LogP contribution in [0.4, 0.5) is 0 Å². The summed E-state index contributed by atoms with van der Waals surface area (Å²) < 4.78 is 1.81. The highest BCUT2D eigenvalue weighted by Crippen LogP contribution is 2.15. The molecule has 0 unspecified atom stereocenters. The second-order valence-corrected chi connectivity index (χ2v) is 6.11. The first-order chi connectivity index (χ1) is 13.6. The first-order valence-corrected chi connectivity index (χ1v) is 8.58. The number of rotatable bonds is 3. The van der Waals surface area contributed by atoms with E-state index >= 15 is 0 Å². The van der Waals surface area contributed by atoms with Crippen LogP contribution in [-0.4, -0.2) is 21.4 Å². The van der Waals surface area contributed by atoms with Crippen molar-refractivity contribution in [2.24, 2.45) is 0 Å². The molecule has 4 aromatic rings. The number of nitrogens with one attached hydrogen (secondary N) is 3. The lowest BCUT2D eigenvalue weighted by Gasteiger charge is -2.12. The molecule has 0 aliphatic heterocycles. The summed E-state index contributed by atoms with van der Waals surface area (Å²) in [6.07, 6.45) is 3.65. The number of hydrazine groups is 1. The summed E-state index contributed by atoms with van der Waals surface area (Å²) in [6, 6.07) is 18.9. The van der Waals surface area contributed by atoms with Gasteiger partial charge in [0.25, 0.3) is 11.8 Å². The van der Waals surface area contributed by atoms with Crippen LogP contribution in [0, 0.1) is 0 Å². The zero-order valence-corrected chi connectivity index (χ0v) is 14.7. The number of benzene rings is 2. The molecule has 0 saturated heterocycles. The van der Waals surface area contributed by atoms with Gasteiger partial charge in [0.15, 0.2) is 0 Å². The number of hydrogen-bond acceptors (Lipinski definition) is 3. The minimum absolute atomic E-state index is 0.179. The number of fused-ring (bicyclic) bond motifs is 1. The van der Waals surface area contributed by atoms with Crippen LogP contribution >= 0.6 is 0 Å². The van der Waals surface area contributed by atoms with E-state index in [2.05, 4.69) is 15.8 Å². The third-order valence-corrected chi connectivity index (χ3v) is 4.32. The summed E-state index contributed by atoms with van der Waals surface area (Å²) >= 11 is 0. The molecule has 7 heteroatoms. The summed E-state index contributed by atoms with van der Waals surface area (Å²) in [5, 5.41) is 0.585. The smallest absolute Gasteiger partial charge is 0.271 e. The first kappa shape index (κ1) is 17.3. The van der Waals surface area contributed by atoms with Gasteiger partial charge in [0, 0.05) is 29.4 Å². The predicted octanol–water partition coefficient (Wildman–Crippen LogP) is 2.39. The molecular weight excluding hydrogens is 356 g/mol. The zero-order chi connectivity index (χ0) is 19.5. The van der Waals surface area contributed by atoms with E-state index in [9.17, 15) is 14.4 Å². The van der Waals surface area contributed by atoms with Gasteiger partial charge >= 0.3 is 0 Å². The third-order valence-electron chi connectivity index (χ3n) is 4.32. The fourth-order valence-corrected chi connectivity index (χ4v) is 3.03. The van der Waals surface area contributed by atoms with Crippen molar-refractivity contribution in [3.05, 3.63) is 101 Å². The molecule has 0 fully saturated rings. The van der Waals surface area contributed by atoms with E-state index in [-0.39, 0.29) is 5.56 Å². The molecule has 0 aliphatic carbocycles. The van der Waals surface area contributed by atoms with Gasteiger partial charge in [0.1, 0.15) is 0 Å². The van der Waals surface area contributed by atoms with E-state index in [1.165, 1.54) is 6.07 Å². The molecular formula is C21H16N4O3. The van der Waals surface area contributed by atoms with Gasteiger partial charge in [-0.15, -0.1) is 0 Å². The van der Waals surface area contributed by atoms with Gasteiger partial charge in [-0.25, -0.2) is 0 Å². The Kier molecular flexibility index (Phi) is 4.47. The summed E-state index contributed by atoms with van der Waals surface area (Å²) in [4.78, 5) is 39.7. The Morgan fingerprint density at radius 1 is 0.786 bits per heavy atom. The number of aromatic nitrogens is 2. The molecule has 0 saturated carbocycles. The largest absolute Gasteiger partial charge is 0.323 e. The molecule has 2 aromatic heterocycles. The molecule has 2 aromatic carbocycles. The quantitative estimate of drug-likeness (QED) is 0.482. The summed E-state index contributed by atoms with van der Waals surface area (Å²) in [5.74, 6) is -1.04. The van der Waals surface area contributed by atoms with E-state index in [0.29, 0.717) is 22.2 Å². The van der Waals surface area contributed by atoms with Crippen LogP contribution in [0.1, 0.15) is 20.7 Å². The molecule has 0 aliphatic rings. The lowest BCUT2D eigenvalue weighted by Crippen LogP contribution is -2.42. The van der Waals surface area contributed by atoms with Gasteiger partial charge in [-0.2, -0.15) is 0 Å². The molecule has 0 bridgehead atoms. The van der Waals surface area contributed by atoms with E-state index in [0.717, 1.165) is 0 Å². The Morgan fingerprint density at radius 3 is 2.21 bits per heavy atom. The van der Waals surface area contributed by atoms with Gasteiger partial charge in [0.05, 0.1) is 16.8 Å². The molecule has 3 N–H and O–H groups in total. The van der Waals surface area contributed by atoms with Crippen LogP contribution in [-0.2, 0) is 0 Å². The average molecular weight is 372 g/mol. The van der Waals surface area contributed by atoms with Crippen LogP contribution in [0.3, 0.4) is 0 Å². The number of aromatic amines is 1. The minimum atomic E-state index is -0.575. The monoisotopic (exact) mass is 372 g/mol. The normalized spacial score (nSPS) is 10.6. The summed E-state index contributed by atoms with van der Waals surface area (Å²) in [5.41, 5.74) is 6.22. The van der Waals surface area contributed by atoms with E-state index in [1.54, 1.807) is 47.0 Å². The van der Waals surface area contributed by atoms with E-state index < -0.39 is 17.4 Å². The minimum Gasteiger partial charge on any atom is -0.323 e. The Bertz CT molecular complexity index is 1230. The van der Waals surface area contributed by atoms with Gasteiger partial charge in [-0.05, 0) is 30.3 Å². The topological polar surface area (TPSA) is 96.0 Å². The molecule has 0 atom stereocenters. The van der Waals surface area contributed by atoms with Crippen molar-refractivity contribution in [1.82, 2.24) is 20.4 Å². The number of carbonyl (C=O) groups excluding carboxylic acids is 2. The maximum Gasteiger partial charge on any atom is 0.271 e. The molecule has 0 spiro atoms. The highest BCUT2D eigenvalue weighted by atomic mass is 16.2. The molecule has 138 valence electrons. The molecule has 2 heterocycles. The fraction of sp³-hybridized carbons (Fsp3) is 0. The first-order valence-electron chi connectivity index (χ1n) is 8.58. The Labute approximate surface area is 159 Å². The fourth-order valence-electron chi connectivity index (χ4n) is 3.03. The second kappa shape index (κ2) is 7.24. The van der Waals surface area contributed by atoms with E-state index in [1.807, 2.05) is 30.6 Å². The summed E-state index contributed by atoms with van der Waals surface area (Å²) in [6.45, 7) is 0. The van der Waals surface area contributed by atoms with E-state index in [4.69, 9.17) is 0 Å². The van der Waals surface area contributed by atoms with Crippen molar-refractivity contribution >= 4 is 22.7 Å². The van der Waals surface area contributed by atoms with Crippen molar-refractivity contribution in [3.8, 4) is 5.69 Å². The van der Waals surface area contributed by atoms with Crippen molar-refractivity contribution in [3.63, 3.8) is 0 Å². The maximum atomic E-state index is 12.6. The van der Waals surface area contributed by atoms with Gasteiger partial charge in [-0.3, -0.25) is 25.2 Å². The van der Waals surface area contributed by atoms with Gasteiger partial charge < -0.3 is 9.55 Å². The molecule has 7 nitrogen and oxygen atoms in total. The maximum absolute atomic E-state index is 12.6. The van der Waals surface area contributed by atoms with Crippen molar-refractivity contribution < 1.29 is 9.59 Å². The number of nitrogens with zero attached hydrogens (tertiary/aromatic N) is 1. The zero-order valence-electron chi connectivity index (χ0n) is 14.7. The van der Waals surface area contributed by atoms with Crippen molar-refractivity contribution in [2.45, 2.75) is 0 Å². The number of amides is 2. The molecule has 2 amide bonds. The van der Waals surface area contributed by atoms with Crippen LogP contribution in [0.5, 0.6) is 0 Å². The summed E-state index contributed by atoms with van der Waals surface area (Å²) in [7, 11) is 0. The predicted molar refractivity (Wildman–Crippen MR) is 105 cm³/mol. The standard InChI is InChI=1S/C21H16N4O3/c26-19-13-16(14-7-1-3-9-17(14)22-19)21(28)24-23-20(27)15-8-2-4-10-18(15)25-11-5-6-12-25/h1-13H,(H,22,26)(H,23,27)(H,24,28). The molecule has 28 heavy (non-hydrogen) atoms. The number of H-pyrrole nitrogens is 1. The van der Waals surface area contributed by atoms with Crippen molar-refractivity contribution in [2.75, 3.05) is 0 Å². The second-order valence-electron chi connectivity index (χ2n) is 6.11. The van der Waals surface area contributed by atoms with Crippen LogP contribution in [0.25, 0.3) is 16.6 Å². The lowest BCUT2D eigenvalue weighted by molar-refractivity contribution is 0.0847. The van der Waals surface area contributed by atoms with Gasteiger partial charge in [0.2, 0.25) is 5.56 Å². The average Bonchev–Trinajstić information content (AvgIpc) is 3.26.